The number of benzene rings is 8. The molecule has 59 heavy (non-hydrogen) atoms. The number of imidazole rings is 1. The molecule has 0 unspecified atom stereocenters. The Morgan fingerprint density at radius 3 is 1.24 bits per heavy atom. The third-order valence-corrected chi connectivity index (χ3v) is 10.5. The van der Waals surface area contributed by atoms with Crippen LogP contribution in [0.5, 0.6) is 0 Å². The van der Waals surface area contributed by atoms with Crippen molar-refractivity contribution in [2.45, 2.75) is 0 Å². The fraction of sp³-hybridized carbons (Fsp3) is 0. The van der Waals surface area contributed by atoms with E-state index in [2.05, 4.69) is 88.3 Å². The predicted octanol–water partition coefficient (Wildman–Crippen LogP) is 14.9. The zero-order chi connectivity index (χ0) is 43.7. The van der Waals surface area contributed by atoms with E-state index in [1.54, 1.807) is 4.90 Å². The van der Waals surface area contributed by atoms with Crippen LogP contribution in [0.25, 0.3) is 50.4 Å². The van der Waals surface area contributed by atoms with E-state index in [0.717, 1.165) is 67.5 Å². The molecule has 4 heteroatoms. The third-order valence-electron chi connectivity index (χ3n) is 10.5. The van der Waals surface area contributed by atoms with E-state index in [4.69, 9.17) is 11.8 Å². The Balaban J connectivity index is 0.981. The van der Waals surface area contributed by atoms with Crippen molar-refractivity contribution in [3.8, 4) is 44.8 Å². The summed E-state index contributed by atoms with van der Waals surface area (Å²) in [6, 6.07) is 67.7. The van der Waals surface area contributed by atoms with E-state index >= 15 is 0 Å². The molecule has 0 atom stereocenters. The van der Waals surface area contributed by atoms with Gasteiger partial charge in [-0.05, 0) is 107 Å². The molecule has 0 aliphatic rings. The molecule has 0 bridgehead atoms. The van der Waals surface area contributed by atoms with Gasteiger partial charge in [0, 0.05) is 51.4 Å². The fourth-order valence-corrected chi connectivity index (χ4v) is 7.66. The second-order valence-corrected chi connectivity index (χ2v) is 14.1. The summed E-state index contributed by atoms with van der Waals surface area (Å²) in [4.78, 5) is 9.01. The fourth-order valence-electron chi connectivity index (χ4n) is 7.66. The Kier molecular flexibility index (Phi) is 8.14. The SMILES string of the molecule is [2H]c1c([2H])c([2H])c(N(c2ccc(-c3ccccc3)cc2)c2ccc(-c3ccc(N(c4ccccc4)c4ccc(-c5c(-c6ccccc6)nc6ccccn56)cc4)cc3)cc2)c([2H])c1[2H]. The first kappa shape index (κ1) is 30.2. The highest BCUT2D eigenvalue weighted by Gasteiger charge is 2.18. The maximum atomic E-state index is 8.89. The lowest BCUT2D eigenvalue weighted by molar-refractivity contribution is 1.19. The second-order valence-electron chi connectivity index (χ2n) is 14.1. The molecule has 0 amide bonds. The maximum absolute atomic E-state index is 8.89. The number of nitrogens with zero attached hydrogens (tertiary/aromatic N) is 4. The Morgan fingerprint density at radius 2 is 0.729 bits per heavy atom. The van der Waals surface area contributed by atoms with Crippen LogP contribution in [0.1, 0.15) is 6.85 Å². The second kappa shape index (κ2) is 15.9. The van der Waals surface area contributed by atoms with Crippen molar-refractivity contribution in [2.75, 3.05) is 9.80 Å². The van der Waals surface area contributed by atoms with Crippen LogP contribution in [-0.2, 0) is 0 Å². The first-order chi connectivity index (χ1) is 31.3. The molecule has 4 nitrogen and oxygen atoms in total. The van der Waals surface area contributed by atoms with Gasteiger partial charge in [0.25, 0.3) is 0 Å². The highest BCUT2D eigenvalue weighted by Crippen LogP contribution is 2.40. The molecule has 10 rings (SSSR count). The number of fused-ring (bicyclic) bond motifs is 1. The summed E-state index contributed by atoms with van der Waals surface area (Å²) in [6.45, 7) is 0. The van der Waals surface area contributed by atoms with Gasteiger partial charge in [0.1, 0.15) is 5.65 Å². The van der Waals surface area contributed by atoms with E-state index in [-0.39, 0.29) is 29.9 Å². The molecule has 0 N–H and O–H groups in total. The number of pyridine rings is 1. The number of anilines is 6. The summed E-state index contributed by atoms with van der Waals surface area (Å²) in [5, 5.41) is 0. The van der Waals surface area contributed by atoms with E-state index in [1.807, 2.05) is 133 Å². The van der Waals surface area contributed by atoms with Crippen molar-refractivity contribution in [3.63, 3.8) is 0 Å². The molecule has 280 valence electrons. The van der Waals surface area contributed by atoms with Crippen molar-refractivity contribution in [1.29, 1.82) is 0 Å². The molecule has 0 saturated heterocycles. The standard InChI is InChI=1S/C55H40N4/c1-5-15-41(16-6-1)42-24-32-49(33-25-42)58(47-19-9-3-10-20-47)50-34-26-43(27-35-50)44-28-36-51(37-29-44)59(48-21-11-4-12-22-48)52-38-30-46(31-39-52)55-54(45-17-7-2-8-18-45)56-53-23-13-14-40-57(53)55/h1-40H/i3D,9D,10D,19D,20D. The summed E-state index contributed by atoms with van der Waals surface area (Å²) in [6.07, 6.45) is 2.06. The van der Waals surface area contributed by atoms with Crippen molar-refractivity contribution in [2.24, 2.45) is 0 Å². The van der Waals surface area contributed by atoms with Gasteiger partial charge >= 0.3 is 0 Å². The molecule has 0 aliphatic carbocycles. The lowest BCUT2D eigenvalue weighted by Gasteiger charge is -2.26. The van der Waals surface area contributed by atoms with Crippen LogP contribution in [0, 0.1) is 0 Å². The van der Waals surface area contributed by atoms with Gasteiger partial charge in [-0.15, -0.1) is 0 Å². The Hall–Kier alpha value is -7.95. The molecule has 0 fully saturated rings. The summed E-state index contributed by atoms with van der Waals surface area (Å²) >= 11 is 0. The van der Waals surface area contributed by atoms with Gasteiger partial charge in [-0.25, -0.2) is 4.98 Å². The van der Waals surface area contributed by atoms with Crippen LogP contribution >= 0.6 is 0 Å². The number of para-hydroxylation sites is 2. The minimum atomic E-state index is -0.430. The van der Waals surface area contributed by atoms with Gasteiger partial charge in [0.05, 0.1) is 18.2 Å². The van der Waals surface area contributed by atoms with Crippen LogP contribution in [0.3, 0.4) is 0 Å². The topological polar surface area (TPSA) is 23.8 Å². The largest absolute Gasteiger partial charge is 0.311 e. The summed E-state index contributed by atoms with van der Waals surface area (Å²) < 4.78 is 45.1. The van der Waals surface area contributed by atoms with Crippen LogP contribution in [-0.4, -0.2) is 9.38 Å². The zero-order valence-electron chi connectivity index (χ0n) is 37.0. The van der Waals surface area contributed by atoms with Gasteiger partial charge in [-0.1, -0.05) is 152 Å². The maximum Gasteiger partial charge on any atom is 0.137 e. The van der Waals surface area contributed by atoms with E-state index in [9.17, 15) is 0 Å². The molecule has 10 aromatic rings. The smallest absolute Gasteiger partial charge is 0.137 e. The molecule has 2 aromatic heterocycles. The quantitative estimate of drug-likeness (QED) is 0.139. The van der Waals surface area contributed by atoms with Crippen molar-refractivity contribution >= 4 is 39.8 Å². The molecule has 8 aromatic carbocycles. The van der Waals surface area contributed by atoms with E-state index in [1.165, 1.54) is 0 Å². The number of hydrogen-bond donors (Lipinski definition) is 0. The van der Waals surface area contributed by atoms with Crippen molar-refractivity contribution in [3.05, 3.63) is 243 Å². The molecule has 0 spiro atoms. The highest BCUT2D eigenvalue weighted by atomic mass is 15.1. The van der Waals surface area contributed by atoms with Gasteiger partial charge in [-0.2, -0.15) is 0 Å². The van der Waals surface area contributed by atoms with Gasteiger partial charge < -0.3 is 9.80 Å². The molecule has 0 aliphatic heterocycles. The molecular weight excluding hydrogens is 717 g/mol. The zero-order valence-corrected chi connectivity index (χ0v) is 32.0. The minimum Gasteiger partial charge on any atom is -0.311 e. The van der Waals surface area contributed by atoms with Crippen LogP contribution < -0.4 is 9.80 Å². The minimum absolute atomic E-state index is 0.0831. The summed E-state index contributed by atoms with van der Waals surface area (Å²) in [5.41, 5.74) is 13.4. The Bertz CT molecular complexity index is 3200. The number of aromatic nitrogens is 2. The summed E-state index contributed by atoms with van der Waals surface area (Å²) in [5.74, 6) is 0. The molecule has 2 heterocycles. The number of rotatable bonds is 10. The van der Waals surface area contributed by atoms with Crippen molar-refractivity contribution in [1.82, 2.24) is 9.38 Å². The molecule has 0 radical (unpaired) electrons. The third kappa shape index (κ3) is 7.16. The van der Waals surface area contributed by atoms with E-state index in [0.29, 0.717) is 11.4 Å². The van der Waals surface area contributed by atoms with Gasteiger partial charge in [0.2, 0.25) is 0 Å². The lowest BCUT2D eigenvalue weighted by atomic mass is 10.0. The first-order valence-corrected chi connectivity index (χ1v) is 19.6. The molecule has 0 saturated carbocycles. The average Bonchev–Trinajstić information content (AvgIpc) is 3.75. The van der Waals surface area contributed by atoms with Gasteiger partial charge in [0.15, 0.2) is 0 Å². The van der Waals surface area contributed by atoms with Crippen LogP contribution in [0.15, 0.2) is 243 Å². The Morgan fingerprint density at radius 1 is 0.339 bits per heavy atom. The summed E-state index contributed by atoms with van der Waals surface area (Å²) in [7, 11) is 0. The average molecular weight is 762 g/mol. The number of hydrogen-bond acceptors (Lipinski definition) is 3. The highest BCUT2D eigenvalue weighted by molar-refractivity contribution is 5.85. The van der Waals surface area contributed by atoms with Crippen LogP contribution in [0.2, 0.25) is 0 Å². The monoisotopic (exact) mass is 761 g/mol. The Labute approximate surface area is 352 Å². The van der Waals surface area contributed by atoms with Crippen LogP contribution in [0.4, 0.5) is 34.1 Å². The van der Waals surface area contributed by atoms with E-state index < -0.39 is 6.04 Å². The molecular formula is C55H40N4. The van der Waals surface area contributed by atoms with Crippen molar-refractivity contribution < 1.29 is 6.85 Å². The first-order valence-electron chi connectivity index (χ1n) is 22.1. The predicted molar refractivity (Wildman–Crippen MR) is 246 cm³/mol. The lowest BCUT2D eigenvalue weighted by Crippen LogP contribution is -2.10. The van der Waals surface area contributed by atoms with Gasteiger partial charge in [-0.3, -0.25) is 4.40 Å². The normalized spacial score (nSPS) is 12.2.